The summed E-state index contributed by atoms with van der Waals surface area (Å²) in [4.78, 5) is 36.2. The third-order valence-electron chi connectivity index (χ3n) is 3.51. The number of carbonyl (C=O) groups excluding carboxylic acids is 3. The topological polar surface area (TPSA) is 98.9 Å². The number of alkyl halides is 1. The van der Waals surface area contributed by atoms with Gasteiger partial charge < -0.3 is 15.2 Å². The van der Waals surface area contributed by atoms with Crippen LogP contribution >= 0.6 is 15.9 Å². The van der Waals surface area contributed by atoms with Gasteiger partial charge in [-0.25, -0.2) is 4.79 Å². The van der Waals surface area contributed by atoms with Crippen molar-refractivity contribution in [3.8, 4) is 0 Å². The predicted molar refractivity (Wildman–Crippen MR) is 71.4 cm³/mol. The molecular formula is C12H15BrN2O5. The Balaban J connectivity index is 2.36. The van der Waals surface area contributed by atoms with Crippen LogP contribution in [0.25, 0.3) is 0 Å². The van der Waals surface area contributed by atoms with Crippen molar-refractivity contribution >= 4 is 33.7 Å². The average Bonchev–Trinajstić information content (AvgIpc) is 2.69. The Bertz CT molecular complexity index is 506. The quantitative estimate of drug-likeness (QED) is 0.561. The molecule has 0 aliphatic carbocycles. The van der Waals surface area contributed by atoms with E-state index in [0.717, 1.165) is 0 Å². The van der Waals surface area contributed by atoms with E-state index in [2.05, 4.69) is 15.9 Å². The molecule has 7 nitrogen and oxygen atoms in total. The summed E-state index contributed by atoms with van der Waals surface area (Å²) in [5.41, 5.74) is 5.19. The first-order chi connectivity index (χ1) is 9.30. The van der Waals surface area contributed by atoms with Gasteiger partial charge in [0.05, 0.1) is 11.4 Å². The van der Waals surface area contributed by atoms with Gasteiger partial charge in [-0.15, -0.1) is 0 Å². The second-order valence-electron chi connectivity index (χ2n) is 4.81. The molecule has 8 heteroatoms. The highest BCUT2D eigenvalue weighted by molar-refractivity contribution is 9.10. The van der Waals surface area contributed by atoms with Gasteiger partial charge in [-0.05, 0) is 18.9 Å². The number of hydrogen-bond donors (Lipinski definition) is 1. The zero-order valence-electron chi connectivity index (χ0n) is 11.1. The van der Waals surface area contributed by atoms with Crippen LogP contribution in [0.5, 0.6) is 0 Å². The highest BCUT2D eigenvalue weighted by Crippen LogP contribution is 2.47. The molecule has 0 saturated carbocycles. The molecule has 110 valence electrons. The van der Waals surface area contributed by atoms with Gasteiger partial charge in [-0.1, -0.05) is 15.9 Å². The highest BCUT2D eigenvalue weighted by atomic mass is 79.9. The Morgan fingerprint density at radius 2 is 2.20 bits per heavy atom. The van der Waals surface area contributed by atoms with Crippen molar-refractivity contribution < 1.29 is 23.9 Å². The van der Waals surface area contributed by atoms with Crippen LogP contribution in [-0.2, 0) is 23.9 Å². The molecule has 3 atom stereocenters. The van der Waals surface area contributed by atoms with E-state index in [-0.39, 0.29) is 11.7 Å². The molecule has 0 aromatic rings. The zero-order chi connectivity index (χ0) is 15.1. The van der Waals surface area contributed by atoms with Crippen molar-refractivity contribution in [1.29, 1.82) is 0 Å². The number of esters is 1. The number of nitrogens with two attached hydrogens (primary N) is 1. The molecule has 2 rings (SSSR count). The molecular weight excluding hydrogens is 332 g/mol. The number of allylic oxidation sites excluding steroid dienone is 1. The lowest BCUT2D eigenvalue weighted by Gasteiger charge is -2.36. The smallest absolute Gasteiger partial charge is 0.328 e. The summed E-state index contributed by atoms with van der Waals surface area (Å²) in [5, 5.41) is 0. The zero-order valence-corrected chi connectivity index (χ0v) is 12.7. The fourth-order valence-electron chi connectivity index (χ4n) is 2.59. The SMILES string of the molecule is COC(=O)[C@H]1C[C@@]2(Br)CC=C(C(N)=O)O[C@@H]2N1C(C)=O. The van der Waals surface area contributed by atoms with E-state index in [9.17, 15) is 14.4 Å². The number of ether oxygens (including phenoxy) is 2. The van der Waals surface area contributed by atoms with Crippen molar-refractivity contribution in [3.05, 3.63) is 11.8 Å². The number of primary amides is 1. The normalized spacial score (nSPS) is 31.9. The molecule has 0 aromatic carbocycles. The first-order valence-corrected chi connectivity index (χ1v) is 6.81. The number of likely N-dealkylation sites (tertiary alicyclic amines) is 1. The Hall–Kier alpha value is -1.57. The van der Waals surface area contributed by atoms with Gasteiger partial charge in [0.25, 0.3) is 5.91 Å². The van der Waals surface area contributed by atoms with Gasteiger partial charge in [-0.3, -0.25) is 14.5 Å². The molecule has 2 heterocycles. The molecule has 0 unspecified atom stereocenters. The number of nitrogens with zero attached hydrogens (tertiary/aromatic N) is 1. The minimum absolute atomic E-state index is 0.00170. The Labute approximate surface area is 124 Å². The van der Waals surface area contributed by atoms with Crippen molar-refractivity contribution in [3.63, 3.8) is 0 Å². The maximum atomic E-state index is 11.8. The second-order valence-corrected chi connectivity index (χ2v) is 6.39. The van der Waals surface area contributed by atoms with Crippen LogP contribution < -0.4 is 5.73 Å². The van der Waals surface area contributed by atoms with Crippen molar-refractivity contribution in [2.75, 3.05) is 7.11 Å². The lowest BCUT2D eigenvalue weighted by molar-refractivity contribution is -0.157. The van der Waals surface area contributed by atoms with E-state index < -0.39 is 28.5 Å². The summed E-state index contributed by atoms with van der Waals surface area (Å²) in [6.45, 7) is 1.33. The van der Waals surface area contributed by atoms with Gasteiger partial charge in [0.2, 0.25) is 5.91 Å². The highest BCUT2D eigenvalue weighted by Gasteiger charge is 2.57. The average molecular weight is 347 g/mol. The van der Waals surface area contributed by atoms with Crippen LogP contribution in [0.15, 0.2) is 11.8 Å². The van der Waals surface area contributed by atoms with Gasteiger partial charge in [0.1, 0.15) is 6.04 Å². The number of hydrogen-bond acceptors (Lipinski definition) is 5. The van der Waals surface area contributed by atoms with Gasteiger partial charge in [0.15, 0.2) is 12.0 Å². The molecule has 2 aliphatic rings. The molecule has 0 bridgehead atoms. The predicted octanol–water partition coefficient (Wildman–Crippen LogP) is 0.0295. The minimum atomic E-state index is -0.767. The molecule has 0 aromatic heterocycles. The molecule has 1 saturated heterocycles. The molecule has 2 N–H and O–H groups in total. The lowest BCUT2D eigenvalue weighted by atomic mass is 9.97. The van der Waals surface area contributed by atoms with Gasteiger partial charge in [0, 0.05) is 6.92 Å². The summed E-state index contributed by atoms with van der Waals surface area (Å²) in [6.07, 6.45) is 1.56. The third kappa shape index (κ3) is 2.28. The summed E-state index contributed by atoms with van der Waals surface area (Å²) >= 11 is 3.52. The monoisotopic (exact) mass is 346 g/mol. The van der Waals surface area contributed by atoms with Crippen molar-refractivity contribution in [2.24, 2.45) is 5.73 Å². The van der Waals surface area contributed by atoms with Crippen LogP contribution in [0, 0.1) is 0 Å². The van der Waals surface area contributed by atoms with E-state index in [1.807, 2.05) is 0 Å². The summed E-state index contributed by atoms with van der Waals surface area (Å²) in [6, 6.07) is -0.748. The number of fused-ring (bicyclic) bond motifs is 1. The maximum Gasteiger partial charge on any atom is 0.328 e. The van der Waals surface area contributed by atoms with Crippen molar-refractivity contribution in [2.45, 2.75) is 36.4 Å². The first-order valence-electron chi connectivity index (χ1n) is 6.02. The fraction of sp³-hybridized carbons (Fsp3) is 0.583. The van der Waals surface area contributed by atoms with E-state index in [0.29, 0.717) is 12.8 Å². The summed E-state index contributed by atoms with van der Waals surface area (Å²) in [7, 11) is 1.26. The van der Waals surface area contributed by atoms with Crippen molar-refractivity contribution in [1.82, 2.24) is 4.90 Å². The van der Waals surface area contributed by atoms with Crippen LogP contribution in [0.1, 0.15) is 19.8 Å². The van der Waals surface area contributed by atoms with Gasteiger partial charge in [-0.2, -0.15) is 0 Å². The number of carbonyl (C=O) groups is 3. The summed E-state index contributed by atoms with van der Waals surface area (Å²) in [5.74, 6) is -1.55. The molecule has 0 radical (unpaired) electrons. The van der Waals surface area contributed by atoms with E-state index in [1.165, 1.54) is 18.9 Å². The third-order valence-corrected chi connectivity index (χ3v) is 4.55. The van der Waals surface area contributed by atoms with Gasteiger partial charge >= 0.3 is 5.97 Å². The van der Waals surface area contributed by atoms with Crippen LogP contribution in [0.2, 0.25) is 0 Å². The number of methoxy groups -OCH3 is 1. The second kappa shape index (κ2) is 5.08. The van der Waals surface area contributed by atoms with E-state index in [1.54, 1.807) is 6.08 Å². The number of rotatable bonds is 2. The number of halogens is 1. The standard InChI is InChI=1S/C12H15BrN2O5/c1-6(16)15-7(10(18)19-2)5-12(13)4-3-8(9(14)17)20-11(12)15/h3,7,11H,4-5H2,1-2H3,(H2,14,17)/t7-,11+,12+/m1/s1. The van der Waals surface area contributed by atoms with E-state index >= 15 is 0 Å². The molecule has 2 aliphatic heterocycles. The first kappa shape index (κ1) is 14.8. The lowest BCUT2D eigenvalue weighted by Crippen LogP contribution is -2.50. The van der Waals surface area contributed by atoms with E-state index in [4.69, 9.17) is 15.2 Å². The summed E-state index contributed by atoms with van der Waals surface area (Å²) < 4.78 is 9.60. The molecule has 0 spiro atoms. The Morgan fingerprint density at radius 3 is 2.70 bits per heavy atom. The van der Waals surface area contributed by atoms with Crippen LogP contribution in [0.4, 0.5) is 0 Å². The Kier molecular flexibility index (Phi) is 3.77. The largest absolute Gasteiger partial charge is 0.467 e. The number of amides is 2. The molecule has 1 fully saturated rings. The minimum Gasteiger partial charge on any atom is -0.467 e. The van der Waals surface area contributed by atoms with Crippen LogP contribution in [0.3, 0.4) is 0 Å². The molecule has 2 amide bonds. The van der Waals surface area contributed by atoms with Crippen LogP contribution in [-0.4, -0.2) is 46.4 Å². The fourth-order valence-corrected chi connectivity index (χ4v) is 3.37. The maximum absolute atomic E-state index is 11.8. The molecule has 20 heavy (non-hydrogen) atoms. The Morgan fingerprint density at radius 1 is 1.55 bits per heavy atom.